The maximum Gasteiger partial charge on any atom is 0.340 e. The summed E-state index contributed by atoms with van der Waals surface area (Å²) in [6.07, 6.45) is -2.50. The zero-order valence-electron chi connectivity index (χ0n) is 8.67. The van der Waals surface area contributed by atoms with Gasteiger partial charge >= 0.3 is 5.97 Å². The second-order valence-electron chi connectivity index (χ2n) is 3.07. The highest BCUT2D eigenvalue weighted by atomic mass is 19.3. The molecule has 0 bridgehead atoms. The normalized spacial score (nSPS) is 10.2. The van der Waals surface area contributed by atoms with Gasteiger partial charge in [0.15, 0.2) is 0 Å². The van der Waals surface area contributed by atoms with Crippen LogP contribution in [0, 0.1) is 0 Å². The molecule has 6 heteroatoms. The smallest absolute Gasteiger partial charge is 0.340 e. The molecular weight excluding hydrogens is 218 g/mol. The van der Waals surface area contributed by atoms with Crippen LogP contribution in [0.2, 0.25) is 0 Å². The predicted molar refractivity (Wildman–Crippen MR) is 56.7 cm³/mol. The molecule has 16 heavy (non-hydrogen) atoms. The minimum Gasteiger partial charge on any atom is -0.465 e. The highest BCUT2D eigenvalue weighted by Gasteiger charge is 2.13. The molecule has 0 unspecified atom stereocenters. The number of alkyl halides is 2. The van der Waals surface area contributed by atoms with Crippen LogP contribution in [-0.2, 0) is 4.74 Å². The minimum absolute atomic E-state index is 0.142. The van der Waals surface area contributed by atoms with Crippen molar-refractivity contribution in [3.63, 3.8) is 0 Å². The van der Waals surface area contributed by atoms with E-state index in [1.165, 1.54) is 25.3 Å². The van der Waals surface area contributed by atoms with Crippen molar-refractivity contribution in [3.05, 3.63) is 23.8 Å². The number of hydrogen-bond donors (Lipinski definition) is 2. The third-order valence-electron chi connectivity index (χ3n) is 1.90. The third-order valence-corrected chi connectivity index (χ3v) is 1.90. The fraction of sp³-hybridized carbons (Fsp3) is 0.300. The van der Waals surface area contributed by atoms with E-state index in [0.29, 0.717) is 5.69 Å². The van der Waals surface area contributed by atoms with Crippen LogP contribution in [0.5, 0.6) is 0 Å². The number of rotatable bonds is 4. The van der Waals surface area contributed by atoms with Gasteiger partial charge in [0, 0.05) is 11.4 Å². The molecule has 0 aliphatic heterocycles. The molecule has 4 nitrogen and oxygen atoms in total. The summed E-state index contributed by atoms with van der Waals surface area (Å²) in [7, 11) is 1.21. The van der Waals surface area contributed by atoms with Gasteiger partial charge in [-0.3, -0.25) is 0 Å². The Labute approximate surface area is 91.4 Å². The van der Waals surface area contributed by atoms with E-state index < -0.39 is 18.9 Å². The van der Waals surface area contributed by atoms with E-state index >= 15 is 0 Å². The van der Waals surface area contributed by atoms with Crippen LogP contribution in [0.4, 0.5) is 20.2 Å². The van der Waals surface area contributed by atoms with Crippen LogP contribution in [0.1, 0.15) is 10.4 Å². The first-order valence-electron chi connectivity index (χ1n) is 4.54. The number of anilines is 2. The van der Waals surface area contributed by atoms with Gasteiger partial charge in [0.1, 0.15) is 0 Å². The summed E-state index contributed by atoms with van der Waals surface area (Å²) in [4.78, 5) is 11.3. The summed E-state index contributed by atoms with van der Waals surface area (Å²) in [5.74, 6) is -0.621. The van der Waals surface area contributed by atoms with Crippen molar-refractivity contribution in [2.75, 3.05) is 24.7 Å². The third kappa shape index (κ3) is 3.08. The van der Waals surface area contributed by atoms with Crippen LogP contribution in [0.15, 0.2) is 18.2 Å². The molecule has 1 rings (SSSR count). The second kappa shape index (κ2) is 5.29. The number of esters is 1. The molecule has 1 aromatic carbocycles. The van der Waals surface area contributed by atoms with E-state index in [4.69, 9.17) is 5.73 Å². The minimum atomic E-state index is -2.50. The Morgan fingerprint density at radius 2 is 2.25 bits per heavy atom. The predicted octanol–water partition coefficient (Wildman–Crippen LogP) is 1.73. The van der Waals surface area contributed by atoms with Gasteiger partial charge in [-0.2, -0.15) is 0 Å². The molecule has 88 valence electrons. The molecule has 0 saturated carbocycles. The summed E-state index contributed by atoms with van der Waals surface area (Å²) >= 11 is 0. The fourth-order valence-corrected chi connectivity index (χ4v) is 1.18. The maximum absolute atomic E-state index is 12.0. The summed E-state index contributed by atoms with van der Waals surface area (Å²) in [6, 6.07) is 4.35. The van der Waals surface area contributed by atoms with E-state index in [0.717, 1.165) is 0 Å². The summed E-state index contributed by atoms with van der Waals surface area (Å²) < 4.78 is 28.5. The van der Waals surface area contributed by atoms with Gasteiger partial charge in [-0.05, 0) is 18.2 Å². The topological polar surface area (TPSA) is 64.3 Å². The van der Waals surface area contributed by atoms with Gasteiger partial charge in [-0.25, -0.2) is 13.6 Å². The Morgan fingerprint density at radius 1 is 1.56 bits per heavy atom. The lowest BCUT2D eigenvalue weighted by Crippen LogP contribution is -2.14. The number of carbonyl (C=O) groups is 1. The summed E-state index contributed by atoms with van der Waals surface area (Å²) in [5, 5.41) is 2.45. The Balaban J connectivity index is 2.93. The number of nitrogens with two attached hydrogens (primary N) is 1. The lowest BCUT2D eigenvalue weighted by atomic mass is 10.1. The molecule has 0 saturated heterocycles. The Bertz CT molecular complexity index is 383. The van der Waals surface area contributed by atoms with Gasteiger partial charge in [-0.1, -0.05) is 0 Å². The van der Waals surface area contributed by atoms with Crippen molar-refractivity contribution in [2.45, 2.75) is 6.43 Å². The van der Waals surface area contributed by atoms with Crippen molar-refractivity contribution in [2.24, 2.45) is 0 Å². The molecule has 0 fully saturated rings. The van der Waals surface area contributed by atoms with Crippen molar-refractivity contribution < 1.29 is 18.3 Å². The zero-order valence-corrected chi connectivity index (χ0v) is 8.67. The average Bonchev–Trinajstić information content (AvgIpc) is 2.26. The number of nitrogens with one attached hydrogen (secondary N) is 1. The molecule has 0 aliphatic rings. The Kier molecular flexibility index (Phi) is 4.04. The van der Waals surface area contributed by atoms with Crippen LogP contribution < -0.4 is 11.1 Å². The van der Waals surface area contributed by atoms with E-state index in [1.807, 2.05) is 0 Å². The van der Waals surface area contributed by atoms with Crippen molar-refractivity contribution in [1.29, 1.82) is 0 Å². The number of benzene rings is 1. The van der Waals surface area contributed by atoms with Gasteiger partial charge < -0.3 is 15.8 Å². The van der Waals surface area contributed by atoms with E-state index in [9.17, 15) is 13.6 Å². The molecule has 0 heterocycles. The zero-order chi connectivity index (χ0) is 12.1. The lowest BCUT2D eigenvalue weighted by Gasteiger charge is -2.10. The average molecular weight is 230 g/mol. The molecule has 1 aromatic rings. The molecule has 0 radical (unpaired) electrons. The summed E-state index contributed by atoms with van der Waals surface area (Å²) in [5.41, 5.74) is 6.28. The van der Waals surface area contributed by atoms with Crippen molar-refractivity contribution >= 4 is 17.3 Å². The number of hydrogen-bond acceptors (Lipinski definition) is 4. The fourth-order valence-electron chi connectivity index (χ4n) is 1.18. The van der Waals surface area contributed by atoms with Crippen LogP contribution >= 0.6 is 0 Å². The van der Waals surface area contributed by atoms with Crippen LogP contribution in [0.3, 0.4) is 0 Å². The Hall–Kier alpha value is -1.85. The number of carbonyl (C=O) groups excluding carboxylic acids is 1. The van der Waals surface area contributed by atoms with E-state index in [1.54, 1.807) is 0 Å². The molecule has 0 atom stereocenters. The van der Waals surface area contributed by atoms with Gasteiger partial charge in [0.25, 0.3) is 6.43 Å². The first kappa shape index (κ1) is 12.2. The highest BCUT2D eigenvalue weighted by molar-refractivity contribution is 5.96. The standard InChI is InChI=1S/C10H12F2N2O2/c1-16-10(15)7-4-6(13)2-3-8(7)14-5-9(11)12/h2-4,9,14H,5,13H2,1H3. The number of nitrogen functional groups attached to an aromatic ring is 1. The van der Waals surface area contributed by atoms with Gasteiger partial charge in [0.05, 0.1) is 19.2 Å². The Morgan fingerprint density at radius 3 is 2.81 bits per heavy atom. The largest absolute Gasteiger partial charge is 0.465 e. The van der Waals surface area contributed by atoms with Crippen LogP contribution in [0.25, 0.3) is 0 Å². The van der Waals surface area contributed by atoms with E-state index in [-0.39, 0.29) is 11.3 Å². The van der Waals surface area contributed by atoms with Crippen LogP contribution in [-0.4, -0.2) is 26.0 Å². The monoisotopic (exact) mass is 230 g/mol. The lowest BCUT2D eigenvalue weighted by molar-refractivity contribution is 0.0601. The number of ether oxygens (including phenoxy) is 1. The molecule has 3 N–H and O–H groups in total. The maximum atomic E-state index is 12.0. The van der Waals surface area contributed by atoms with E-state index in [2.05, 4.69) is 10.1 Å². The first-order chi connectivity index (χ1) is 7.54. The van der Waals surface area contributed by atoms with Crippen molar-refractivity contribution in [3.8, 4) is 0 Å². The second-order valence-corrected chi connectivity index (χ2v) is 3.07. The van der Waals surface area contributed by atoms with Gasteiger partial charge in [0.2, 0.25) is 0 Å². The molecule has 0 spiro atoms. The van der Waals surface area contributed by atoms with Gasteiger partial charge in [-0.15, -0.1) is 0 Å². The molecule has 0 aromatic heterocycles. The first-order valence-corrected chi connectivity index (χ1v) is 4.54. The summed E-state index contributed by atoms with van der Waals surface area (Å²) in [6.45, 7) is -0.534. The number of methoxy groups -OCH3 is 1. The molecule has 0 amide bonds. The number of halogens is 2. The molecular formula is C10H12F2N2O2. The SMILES string of the molecule is COC(=O)c1cc(N)ccc1NCC(F)F. The molecule has 0 aliphatic carbocycles. The van der Waals surface area contributed by atoms with Crippen molar-refractivity contribution in [1.82, 2.24) is 0 Å². The quantitative estimate of drug-likeness (QED) is 0.610. The highest BCUT2D eigenvalue weighted by Crippen LogP contribution is 2.20.